The normalized spacial score (nSPS) is 12.6. The molecule has 0 saturated heterocycles. The first-order valence-corrected chi connectivity index (χ1v) is 8.78. The van der Waals surface area contributed by atoms with Crippen LogP contribution in [-0.4, -0.2) is 15.9 Å². The average Bonchev–Trinajstić information content (AvgIpc) is 2.49. The molecule has 128 valence electrons. The fourth-order valence-electron chi connectivity index (χ4n) is 1.81. The first-order valence-electron chi connectivity index (χ1n) is 6.51. The van der Waals surface area contributed by atoms with Crippen LogP contribution in [0.4, 0.5) is 5.69 Å². The highest BCUT2D eigenvalue weighted by Gasteiger charge is 2.34. The van der Waals surface area contributed by atoms with Crippen molar-refractivity contribution in [3.8, 4) is 0 Å². The van der Waals surface area contributed by atoms with Gasteiger partial charge in [-0.15, -0.1) is 0 Å². The van der Waals surface area contributed by atoms with Crippen molar-refractivity contribution in [2.45, 2.75) is 9.96 Å². The Balaban J connectivity index is 2.23. The van der Waals surface area contributed by atoms with E-state index in [1.165, 1.54) is 6.07 Å². The molecule has 3 nitrogen and oxygen atoms in total. The van der Waals surface area contributed by atoms with Crippen LogP contribution in [-0.2, 0) is 0 Å². The molecular weight excluding hydrogens is 437 g/mol. The van der Waals surface area contributed by atoms with Gasteiger partial charge in [-0.1, -0.05) is 75.7 Å². The van der Waals surface area contributed by atoms with E-state index >= 15 is 0 Å². The lowest BCUT2D eigenvalue weighted by atomic mass is 10.2. The van der Waals surface area contributed by atoms with Gasteiger partial charge in [0.05, 0.1) is 10.7 Å². The molecule has 0 heterocycles. The molecule has 2 N–H and O–H groups in total. The number of alkyl halides is 3. The first-order chi connectivity index (χ1) is 11.2. The van der Waals surface area contributed by atoms with E-state index < -0.39 is 15.9 Å². The monoisotopic (exact) mass is 444 g/mol. The summed E-state index contributed by atoms with van der Waals surface area (Å²) in [5, 5.41) is 6.66. The molecule has 0 spiro atoms. The van der Waals surface area contributed by atoms with Gasteiger partial charge >= 0.3 is 0 Å². The van der Waals surface area contributed by atoms with E-state index in [0.717, 1.165) is 0 Å². The highest BCUT2D eigenvalue weighted by atomic mass is 35.6. The van der Waals surface area contributed by atoms with Crippen molar-refractivity contribution in [3.05, 3.63) is 63.1 Å². The van der Waals surface area contributed by atoms with Gasteiger partial charge in [0, 0.05) is 15.6 Å². The standard InChI is InChI=1S/C15H10Cl6N2O/c16-9-3-1-2-8(6-9)13(24)23-14(15(19,20)21)22-12-7-10(17)4-5-11(12)18/h1-7,14,22H,(H,23,24)/t14-/m0/s1. The van der Waals surface area contributed by atoms with Crippen molar-refractivity contribution >= 4 is 81.2 Å². The summed E-state index contributed by atoms with van der Waals surface area (Å²) >= 11 is 35.8. The van der Waals surface area contributed by atoms with Crippen LogP contribution in [0, 0.1) is 0 Å². The van der Waals surface area contributed by atoms with Crippen LogP contribution >= 0.6 is 69.6 Å². The van der Waals surface area contributed by atoms with Gasteiger partial charge in [-0.2, -0.15) is 0 Å². The molecule has 0 unspecified atom stereocenters. The van der Waals surface area contributed by atoms with Crippen LogP contribution in [0.25, 0.3) is 0 Å². The molecule has 0 bridgehead atoms. The summed E-state index contributed by atoms with van der Waals surface area (Å²) in [4.78, 5) is 12.4. The van der Waals surface area contributed by atoms with Gasteiger partial charge < -0.3 is 10.6 Å². The molecule has 0 aromatic heterocycles. The Morgan fingerprint density at radius 2 is 1.62 bits per heavy atom. The summed E-state index contributed by atoms with van der Waals surface area (Å²) in [6.45, 7) is 0. The third-order valence-corrected chi connectivity index (χ3v) is 4.37. The third kappa shape index (κ3) is 5.48. The zero-order valence-electron chi connectivity index (χ0n) is 11.8. The number of amides is 1. The lowest BCUT2D eigenvalue weighted by Gasteiger charge is -2.28. The molecule has 24 heavy (non-hydrogen) atoms. The summed E-state index contributed by atoms with van der Waals surface area (Å²) in [5.41, 5.74) is 0.729. The number of nitrogens with one attached hydrogen (secondary N) is 2. The average molecular weight is 447 g/mol. The molecule has 2 aromatic carbocycles. The predicted molar refractivity (Wildman–Crippen MR) is 103 cm³/mol. The smallest absolute Gasteiger partial charge is 0.253 e. The number of benzene rings is 2. The van der Waals surface area contributed by atoms with Crippen molar-refractivity contribution in [3.63, 3.8) is 0 Å². The Morgan fingerprint density at radius 1 is 0.958 bits per heavy atom. The number of anilines is 1. The van der Waals surface area contributed by atoms with Gasteiger partial charge in [-0.3, -0.25) is 4.79 Å². The topological polar surface area (TPSA) is 41.1 Å². The van der Waals surface area contributed by atoms with E-state index in [-0.39, 0.29) is 0 Å². The Bertz CT molecular complexity index is 747. The molecule has 0 saturated carbocycles. The lowest BCUT2D eigenvalue weighted by Crippen LogP contribution is -2.49. The van der Waals surface area contributed by atoms with Gasteiger partial charge in [-0.25, -0.2) is 0 Å². The fraction of sp³-hybridized carbons (Fsp3) is 0.133. The molecule has 2 aromatic rings. The number of hydrogen-bond donors (Lipinski definition) is 2. The maximum atomic E-state index is 12.4. The van der Waals surface area contributed by atoms with Crippen LogP contribution in [0.1, 0.15) is 10.4 Å². The summed E-state index contributed by atoms with van der Waals surface area (Å²) in [6, 6.07) is 11.1. The van der Waals surface area contributed by atoms with Crippen LogP contribution in [0.3, 0.4) is 0 Å². The minimum absolute atomic E-state index is 0.320. The Labute approximate surface area is 169 Å². The molecule has 0 fully saturated rings. The minimum atomic E-state index is -1.85. The maximum Gasteiger partial charge on any atom is 0.253 e. The maximum absolute atomic E-state index is 12.4. The zero-order chi connectivity index (χ0) is 17.9. The van der Waals surface area contributed by atoms with Gasteiger partial charge in [-0.05, 0) is 36.4 Å². The summed E-state index contributed by atoms with van der Waals surface area (Å²) in [6.07, 6.45) is -1.06. The van der Waals surface area contributed by atoms with Gasteiger partial charge in [0.2, 0.25) is 3.79 Å². The van der Waals surface area contributed by atoms with Crippen molar-refractivity contribution < 1.29 is 4.79 Å². The van der Waals surface area contributed by atoms with Gasteiger partial charge in [0.15, 0.2) is 0 Å². The Kier molecular flexibility index (Phi) is 6.77. The molecular formula is C15H10Cl6N2O. The molecule has 2 rings (SSSR count). The largest absolute Gasteiger partial charge is 0.361 e. The number of carbonyl (C=O) groups excluding carboxylic acids is 1. The zero-order valence-corrected chi connectivity index (χ0v) is 16.3. The fourth-order valence-corrected chi connectivity index (χ4v) is 2.67. The molecule has 1 atom stereocenters. The molecule has 0 aliphatic heterocycles. The molecule has 0 aliphatic rings. The van der Waals surface area contributed by atoms with E-state index in [0.29, 0.717) is 26.3 Å². The predicted octanol–water partition coefficient (Wildman–Crippen LogP) is 6.19. The molecule has 9 heteroatoms. The van der Waals surface area contributed by atoms with Crippen LogP contribution in [0.2, 0.25) is 15.1 Å². The van der Waals surface area contributed by atoms with E-state index in [1.807, 2.05) is 0 Å². The second kappa shape index (κ2) is 8.22. The van der Waals surface area contributed by atoms with E-state index in [1.54, 1.807) is 36.4 Å². The molecule has 1 amide bonds. The van der Waals surface area contributed by atoms with Crippen molar-refractivity contribution in [2.24, 2.45) is 0 Å². The summed E-state index contributed by atoms with van der Waals surface area (Å²) in [7, 11) is 0. The Morgan fingerprint density at radius 3 is 2.25 bits per heavy atom. The van der Waals surface area contributed by atoms with E-state index in [2.05, 4.69) is 10.6 Å². The summed E-state index contributed by atoms with van der Waals surface area (Å²) in [5.74, 6) is -0.473. The third-order valence-electron chi connectivity index (χ3n) is 2.92. The highest BCUT2D eigenvalue weighted by molar-refractivity contribution is 6.68. The number of halogens is 6. The first kappa shape index (κ1) is 19.8. The van der Waals surface area contributed by atoms with Gasteiger partial charge in [0.25, 0.3) is 5.91 Å². The van der Waals surface area contributed by atoms with Crippen LogP contribution < -0.4 is 10.6 Å². The quantitative estimate of drug-likeness (QED) is 0.434. The second-order valence-electron chi connectivity index (χ2n) is 4.73. The van der Waals surface area contributed by atoms with Crippen molar-refractivity contribution in [1.82, 2.24) is 5.32 Å². The Hall–Kier alpha value is -0.550. The van der Waals surface area contributed by atoms with Crippen molar-refractivity contribution in [2.75, 3.05) is 5.32 Å². The number of carbonyl (C=O) groups is 1. The SMILES string of the molecule is O=C(N[C@H](Nc1cc(Cl)ccc1Cl)C(Cl)(Cl)Cl)c1cccc(Cl)c1. The van der Waals surface area contributed by atoms with Crippen molar-refractivity contribution in [1.29, 1.82) is 0 Å². The number of hydrogen-bond acceptors (Lipinski definition) is 2. The minimum Gasteiger partial charge on any atom is -0.361 e. The van der Waals surface area contributed by atoms with Crippen LogP contribution in [0.15, 0.2) is 42.5 Å². The van der Waals surface area contributed by atoms with Crippen LogP contribution in [0.5, 0.6) is 0 Å². The second-order valence-corrected chi connectivity index (χ2v) is 8.38. The highest BCUT2D eigenvalue weighted by Crippen LogP contribution is 2.34. The number of rotatable bonds is 4. The summed E-state index contributed by atoms with van der Waals surface area (Å²) < 4.78 is -1.85. The van der Waals surface area contributed by atoms with E-state index in [9.17, 15) is 4.79 Å². The molecule has 0 radical (unpaired) electrons. The molecule has 0 aliphatic carbocycles. The van der Waals surface area contributed by atoms with Gasteiger partial charge in [0.1, 0.15) is 6.17 Å². The lowest BCUT2D eigenvalue weighted by molar-refractivity contribution is 0.0942. The van der Waals surface area contributed by atoms with E-state index in [4.69, 9.17) is 69.6 Å².